The highest BCUT2D eigenvalue weighted by atomic mass is 16.3. The molecule has 0 rings (SSSR count). The topological polar surface area (TPSA) is 20.2 Å². The van der Waals surface area contributed by atoms with Gasteiger partial charge in [-0.3, -0.25) is 0 Å². The lowest BCUT2D eigenvalue weighted by Gasteiger charge is -2.11. The standard InChI is InChI=1S/C15H24O/c1-6-15(5,16)12-8-11-14(4)10-7-9-13(2)3/h6,8-9,11-12,16H,1,7,10H2,2-5H3/b12-8+,14-11+. The summed E-state index contributed by atoms with van der Waals surface area (Å²) in [5.74, 6) is 0. The van der Waals surface area contributed by atoms with Crippen molar-refractivity contribution in [3.63, 3.8) is 0 Å². The van der Waals surface area contributed by atoms with Crippen LogP contribution in [0, 0.1) is 0 Å². The summed E-state index contributed by atoms with van der Waals surface area (Å²) >= 11 is 0. The Kier molecular flexibility index (Phi) is 6.75. The summed E-state index contributed by atoms with van der Waals surface area (Å²) in [7, 11) is 0. The SMILES string of the molecule is C=CC(C)(O)/C=C/C=C(\C)CCC=C(C)C. The first-order chi connectivity index (χ1) is 7.37. The Balaban J connectivity index is 4.15. The van der Waals surface area contributed by atoms with Gasteiger partial charge in [0.15, 0.2) is 0 Å². The molecule has 0 aromatic carbocycles. The fourth-order valence-electron chi connectivity index (χ4n) is 1.15. The smallest absolute Gasteiger partial charge is 0.0980 e. The van der Waals surface area contributed by atoms with Gasteiger partial charge in [-0.05, 0) is 46.6 Å². The van der Waals surface area contributed by atoms with Gasteiger partial charge >= 0.3 is 0 Å². The minimum absolute atomic E-state index is 0.906. The van der Waals surface area contributed by atoms with Crippen molar-refractivity contribution in [2.75, 3.05) is 0 Å². The van der Waals surface area contributed by atoms with Gasteiger partial charge in [-0.15, -0.1) is 0 Å². The van der Waals surface area contributed by atoms with Crippen molar-refractivity contribution in [1.29, 1.82) is 0 Å². The Hall–Kier alpha value is -1.08. The predicted molar refractivity (Wildman–Crippen MR) is 72.4 cm³/mol. The van der Waals surface area contributed by atoms with Gasteiger partial charge in [-0.25, -0.2) is 0 Å². The van der Waals surface area contributed by atoms with E-state index in [1.54, 1.807) is 13.0 Å². The first-order valence-corrected chi connectivity index (χ1v) is 5.72. The molecule has 0 saturated carbocycles. The minimum Gasteiger partial charge on any atom is -0.382 e. The molecule has 0 radical (unpaired) electrons. The second-order valence-corrected chi connectivity index (χ2v) is 4.62. The van der Waals surface area contributed by atoms with Crippen LogP contribution in [0.5, 0.6) is 0 Å². The Morgan fingerprint density at radius 2 is 1.94 bits per heavy atom. The zero-order valence-corrected chi connectivity index (χ0v) is 11.0. The van der Waals surface area contributed by atoms with Crippen molar-refractivity contribution in [3.8, 4) is 0 Å². The highest BCUT2D eigenvalue weighted by molar-refractivity contribution is 5.17. The van der Waals surface area contributed by atoms with Crippen LogP contribution in [0.25, 0.3) is 0 Å². The van der Waals surface area contributed by atoms with Crippen molar-refractivity contribution < 1.29 is 5.11 Å². The third-order valence-electron chi connectivity index (χ3n) is 2.32. The lowest BCUT2D eigenvalue weighted by molar-refractivity contribution is 0.164. The van der Waals surface area contributed by atoms with Crippen LogP contribution in [0.4, 0.5) is 0 Å². The zero-order chi connectivity index (χ0) is 12.6. The molecule has 1 unspecified atom stereocenters. The Morgan fingerprint density at radius 1 is 1.31 bits per heavy atom. The number of hydrogen-bond donors (Lipinski definition) is 1. The zero-order valence-electron chi connectivity index (χ0n) is 11.0. The summed E-state index contributed by atoms with van der Waals surface area (Å²) in [6.07, 6.45) is 11.6. The first-order valence-electron chi connectivity index (χ1n) is 5.72. The van der Waals surface area contributed by atoms with Crippen LogP contribution >= 0.6 is 0 Å². The monoisotopic (exact) mass is 220 g/mol. The van der Waals surface area contributed by atoms with E-state index in [9.17, 15) is 5.11 Å². The van der Waals surface area contributed by atoms with Gasteiger partial charge in [-0.1, -0.05) is 42.0 Å². The molecule has 0 aromatic heterocycles. The maximum Gasteiger partial charge on any atom is 0.0980 e. The van der Waals surface area contributed by atoms with Crippen LogP contribution in [-0.4, -0.2) is 10.7 Å². The van der Waals surface area contributed by atoms with E-state index in [1.807, 2.05) is 12.2 Å². The third-order valence-corrected chi connectivity index (χ3v) is 2.32. The number of allylic oxidation sites excluding steroid dienone is 5. The molecule has 0 aromatic rings. The summed E-state index contributed by atoms with van der Waals surface area (Å²) in [4.78, 5) is 0. The molecular weight excluding hydrogens is 196 g/mol. The van der Waals surface area contributed by atoms with E-state index in [2.05, 4.69) is 33.4 Å². The quantitative estimate of drug-likeness (QED) is 0.526. The van der Waals surface area contributed by atoms with E-state index in [1.165, 1.54) is 17.2 Å². The highest BCUT2D eigenvalue weighted by Crippen LogP contribution is 2.09. The van der Waals surface area contributed by atoms with Crippen LogP contribution in [0.1, 0.15) is 40.5 Å². The second-order valence-electron chi connectivity index (χ2n) is 4.62. The van der Waals surface area contributed by atoms with Gasteiger partial charge in [0, 0.05) is 0 Å². The van der Waals surface area contributed by atoms with Crippen LogP contribution in [0.2, 0.25) is 0 Å². The van der Waals surface area contributed by atoms with Gasteiger partial charge in [0.25, 0.3) is 0 Å². The highest BCUT2D eigenvalue weighted by Gasteiger charge is 2.07. The molecule has 0 spiro atoms. The van der Waals surface area contributed by atoms with Crippen molar-refractivity contribution >= 4 is 0 Å². The average Bonchev–Trinajstić information content (AvgIpc) is 2.17. The largest absolute Gasteiger partial charge is 0.382 e. The molecule has 16 heavy (non-hydrogen) atoms. The summed E-state index contributed by atoms with van der Waals surface area (Å²) in [5.41, 5.74) is 1.77. The van der Waals surface area contributed by atoms with Crippen LogP contribution in [0.3, 0.4) is 0 Å². The Morgan fingerprint density at radius 3 is 2.44 bits per heavy atom. The lowest BCUT2D eigenvalue weighted by atomic mass is 10.1. The lowest BCUT2D eigenvalue weighted by Crippen LogP contribution is -2.15. The van der Waals surface area contributed by atoms with Gasteiger partial charge in [0.1, 0.15) is 0 Å². The van der Waals surface area contributed by atoms with Crippen molar-refractivity contribution in [2.45, 2.75) is 46.1 Å². The molecule has 0 fully saturated rings. The molecule has 90 valence electrons. The van der Waals surface area contributed by atoms with Gasteiger partial charge in [0.2, 0.25) is 0 Å². The molecule has 1 nitrogen and oxygen atoms in total. The maximum atomic E-state index is 9.64. The van der Waals surface area contributed by atoms with Crippen LogP contribution in [0.15, 0.2) is 48.1 Å². The third kappa shape index (κ3) is 8.25. The molecule has 0 saturated heterocycles. The first kappa shape index (κ1) is 14.9. The molecule has 1 N–H and O–H groups in total. The molecule has 0 aliphatic carbocycles. The Labute approximate surface area is 99.9 Å². The molecule has 1 atom stereocenters. The van der Waals surface area contributed by atoms with Crippen molar-refractivity contribution in [3.05, 3.63) is 48.1 Å². The summed E-state index contributed by atoms with van der Waals surface area (Å²) in [6, 6.07) is 0. The fourth-order valence-corrected chi connectivity index (χ4v) is 1.15. The Bertz CT molecular complexity index is 299. The van der Waals surface area contributed by atoms with E-state index in [-0.39, 0.29) is 0 Å². The van der Waals surface area contributed by atoms with E-state index in [0.717, 1.165) is 12.8 Å². The molecule has 0 aliphatic heterocycles. The molecule has 0 bridgehead atoms. The van der Waals surface area contributed by atoms with Gasteiger partial charge in [-0.2, -0.15) is 0 Å². The molecule has 0 amide bonds. The molecule has 0 aliphatic rings. The molecule has 1 heteroatoms. The normalized spacial score (nSPS) is 15.9. The second kappa shape index (κ2) is 7.24. The fraction of sp³-hybridized carbons (Fsp3) is 0.467. The van der Waals surface area contributed by atoms with E-state index >= 15 is 0 Å². The maximum absolute atomic E-state index is 9.64. The van der Waals surface area contributed by atoms with Crippen molar-refractivity contribution in [2.24, 2.45) is 0 Å². The minimum atomic E-state index is -0.906. The van der Waals surface area contributed by atoms with Crippen LogP contribution < -0.4 is 0 Å². The average molecular weight is 220 g/mol. The number of rotatable bonds is 6. The summed E-state index contributed by atoms with van der Waals surface area (Å²) < 4.78 is 0. The van der Waals surface area contributed by atoms with E-state index < -0.39 is 5.60 Å². The predicted octanol–water partition coefficient (Wildman–Crippen LogP) is 4.17. The van der Waals surface area contributed by atoms with Crippen LogP contribution in [-0.2, 0) is 0 Å². The summed E-state index contributed by atoms with van der Waals surface area (Å²) in [5, 5.41) is 9.64. The van der Waals surface area contributed by atoms with Gasteiger partial charge < -0.3 is 5.11 Å². The van der Waals surface area contributed by atoms with Gasteiger partial charge in [0.05, 0.1) is 5.60 Å². The molecule has 0 heterocycles. The van der Waals surface area contributed by atoms with E-state index in [0.29, 0.717) is 0 Å². The molecular formula is C15H24O. The number of aliphatic hydroxyl groups is 1. The van der Waals surface area contributed by atoms with E-state index in [4.69, 9.17) is 0 Å². The summed E-state index contributed by atoms with van der Waals surface area (Å²) in [6.45, 7) is 11.6. The van der Waals surface area contributed by atoms with Crippen molar-refractivity contribution in [1.82, 2.24) is 0 Å². The number of hydrogen-bond acceptors (Lipinski definition) is 1.